The van der Waals surface area contributed by atoms with E-state index in [2.05, 4.69) is 11.0 Å². The average Bonchev–Trinajstić information content (AvgIpc) is 2.73. The maximum atomic E-state index is 11.8. The van der Waals surface area contributed by atoms with E-state index < -0.39 is 0 Å². The second-order valence-electron chi connectivity index (χ2n) is 6.04. The van der Waals surface area contributed by atoms with Crippen molar-refractivity contribution in [3.05, 3.63) is 59.1 Å². The molecule has 126 valence electrons. The fourth-order valence-electron chi connectivity index (χ4n) is 2.73. The van der Waals surface area contributed by atoms with Gasteiger partial charge in [0.15, 0.2) is 0 Å². The minimum Gasteiger partial charge on any atom is -0.457 e. The summed E-state index contributed by atoms with van der Waals surface area (Å²) in [6.07, 6.45) is 0.581. The van der Waals surface area contributed by atoms with E-state index in [0.717, 1.165) is 37.7 Å². The summed E-state index contributed by atoms with van der Waals surface area (Å²) in [5, 5.41) is 0.691. The maximum absolute atomic E-state index is 11.8. The van der Waals surface area contributed by atoms with Crippen LogP contribution in [0.3, 0.4) is 0 Å². The Labute approximate surface area is 147 Å². The van der Waals surface area contributed by atoms with Gasteiger partial charge in [-0.3, -0.25) is 9.69 Å². The molecule has 1 amide bonds. The lowest BCUT2D eigenvalue weighted by atomic mass is 10.2. The van der Waals surface area contributed by atoms with E-state index in [1.54, 1.807) is 4.90 Å². The Morgan fingerprint density at radius 2 is 1.83 bits per heavy atom. The lowest BCUT2D eigenvalue weighted by molar-refractivity contribution is -0.129. The molecule has 2 aromatic rings. The zero-order valence-corrected chi connectivity index (χ0v) is 14.5. The summed E-state index contributed by atoms with van der Waals surface area (Å²) < 4.78 is 5.88. The minimum absolute atomic E-state index is 0.220. The number of carbonyl (C=O) groups excluding carboxylic acids is 1. The summed E-state index contributed by atoms with van der Waals surface area (Å²) in [4.78, 5) is 15.9. The maximum Gasteiger partial charge on any atom is 0.223 e. The van der Waals surface area contributed by atoms with Crippen molar-refractivity contribution in [2.45, 2.75) is 13.0 Å². The predicted molar refractivity (Wildman–Crippen MR) is 95.5 cm³/mol. The molecule has 2 aromatic carbocycles. The summed E-state index contributed by atoms with van der Waals surface area (Å²) in [5.41, 5.74) is 1.18. The van der Waals surface area contributed by atoms with Gasteiger partial charge < -0.3 is 9.64 Å². The molecule has 0 spiro atoms. The number of hydrogen-bond acceptors (Lipinski definition) is 3. The topological polar surface area (TPSA) is 32.8 Å². The van der Waals surface area contributed by atoms with Gasteiger partial charge in [-0.15, -0.1) is 0 Å². The molecule has 0 aliphatic carbocycles. The van der Waals surface area contributed by atoms with Crippen molar-refractivity contribution in [1.29, 1.82) is 0 Å². The Morgan fingerprint density at radius 1 is 1.04 bits per heavy atom. The van der Waals surface area contributed by atoms with Gasteiger partial charge in [0.2, 0.25) is 5.91 Å². The van der Waals surface area contributed by atoms with Crippen molar-refractivity contribution in [2.24, 2.45) is 0 Å². The Bertz CT molecular complexity index is 703. The van der Waals surface area contributed by atoms with E-state index in [1.165, 1.54) is 5.56 Å². The zero-order chi connectivity index (χ0) is 16.9. The van der Waals surface area contributed by atoms with E-state index in [1.807, 2.05) is 49.5 Å². The van der Waals surface area contributed by atoms with Crippen LogP contribution in [0.1, 0.15) is 12.0 Å². The molecular formula is C19H21ClN2O2. The predicted octanol–water partition coefficient (Wildman–Crippen LogP) is 3.80. The Kier molecular flexibility index (Phi) is 5.38. The van der Waals surface area contributed by atoms with Gasteiger partial charge in [0.1, 0.15) is 11.5 Å². The molecule has 0 N–H and O–H groups in total. The highest BCUT2D eigenvalue weighted by molar-refractivity contribution is 6.30. The molecule has 0 unspecified atom stereocenters. The molecule has 0 atom stereocenters. The third-order valence-corrected chi connectivity index (χ3v) is 4.43. The highest BCUT2D eigenvalue weighted by Gasteiger charge is 2.17. The number of ether oxygens (including phenoxy) is 1. The van der Waals surface area contributed by atoms with Gasteiger partial charge in [-0.1, -0.05) is 23.7 Å². The fourth-order valence-corrected chi connectivity index (χ4v) is 2.86. The first kappa shape index (κ1) is 16.8. The van der Waals surface area contributed by atoms with Crippen molar-refractivity contribution in [3.63, 3.8) is 0 Å². The zero-order valence-electron chi connectivity index (χ0n) is 13.7. The van der Waals surface area contributed by atoms with Crippen molar-refractivity contribution >= 4 is 17.5 Å². The molecule has 1 saturated heterocycles. The molecule has 0 radical (unpaired) electrons. The van der Waals surface area contributed by atoms with Crippen LogP contribution in [0.25, 0.3) is 0 Å². The highest BCUT2D eigenvalue weighted by atomic mass is 35.5. The van der Waals surface area contributed by atoms with Crippen LogP contribution in [-0.2, 0) is 11.3 Å². The number of likely N-dealkylation sites (N-methyl/N-ethyl adjacent to an activating group) is 1. The highest BCUT2D eigenvalue weighted by Crippen LogP contribution is 2.24. The van der Waals surface area contributed by atoms with Crippen LogP contribution in [0.4, 0.5) is 0 Å². The SMILES string of the molecule is CN1CCN(Cc2cccc(Oc3ccc(Cl)cc3)c2)CCC1=O. The number of carbonyl (C=O) groups is 1. The number of nitrogens with zero attached hydrogens (tertiary/aromatic N) is 2. The molecule has 1 aliphatic rings. The third kappa shape index (κ3) is 4.49. The van der Waals surface area contributed by atoms with E-state index in [0.29, 0.717) is 11.4 Å². The molecule has 1 fully saturated rings. The standard InChI is InChI=1S/C19H21ClN2O2/c1-21-11-12-22(10-9-19(21)23)14-15-3-2-4-18(13-15)24-17-7-5-16(20)6-8-17/h2-8,13H,9-12,14H2,1H3. The van der Waals surface area contributed by atoms with Gasteiger partial charge in [0, 0.05) is 44.7 Å². The van der Waals surface area contributed by atoms with Gasteiger partial charge in [-0.25, -0.2) is 0 Å². The first-order valence-corrected chi connectivity index (χ1v) is 8.46. The molecule has 1 aliphatic heterocycles. The molecule has 0 aromatic heterocycles. The van der Waals surface area contributed by atoms with Gasteiger partial charge in [-0.2, -0.15) is 0 Å². The molecule has 5 heteroatoms. The van der Waals surface area contributed by atoms with Gasteiger partial charge in [0.05, 0.1) is 0 Å². The van der Waals surface area contributed by atoms with Gasteiger partial charge in [0.25, 0.3) is 0 Å². The lowest BCUT2D eigenvalue weighted by Gasteiger charge is -2.20. The molecule has 0 bridgehead atoms. The van der Waals surface area contributed by atoms with Crippen molar-refractivity contribution in [3.8, 4) is 11.5 Å². The van der Waals surface area contributed by atoms with Crippen LogP contribution in [0.2, 0.25) is 5.02 Å². The van der Waals surface area contributed by atoms with Crippen LogP contribution in [0.5, 0.6) is 11.5 Å². The van der Waals surface area contributed by atoms with Crippen molar-refractivity contribution in [2.75, 3.05) is 26.7 Å². The summed E-state index contributed by atoms with van der Waals surface area (Å²) in [5.74, 6) is 1.79. The number of hydrogen-bond donors (Lipinski definition) is 0. The van der Waals surface area contributed by atoms with Gasteiger partial charge >= 0.3 is 0 Å². The van der Waals surface area contributed by atoms with Crippen LogP contribution in [-0.4, -0.2) is 42.4 Å². The van der Waals surface area contributed by atoms with E-state index in [-0.39, 0.29) is 5.91 Å². The molecule has 24 heavy (non-hydrogen) atoms. The largest absolute Gasteiger partial charge is 0.457 e. The normalized spacial score (nSPS) is 16.1. The smallest absolute Gasteiger partial charge is 0.223 e. The first-order chi connectivity index (χ1) is 11.6. The lowest BCUT2D eigenvalue weighted by Crippen LogP contribution is -2.29. The Balaban J connectivity index is 1.64. The van der Waals surface area contributed by atoms with Crippen LogP contribution in [0.15, 0.2) is 48.5 Å². The van der Waals surface area contributed by atoms with Crippen LogP contribution in [0, 0.1) is 0 Å². The Hall–Kier alpha value is -2.04. The van der Waals surface area contributed by atoms with E-state index in [4.69, 9.17) is 16.3 Å². The number of amides is 1. The van der Waals surface area contributed by atoms with Crippen molar-refractivity contribution < 1.29 is 9.53 Å². The summed E-state index contributed by atoms with van der Waals surface area (Å²) in [6, 6.07) is 15.4. The number of halogens is 1. The second-order valence-corrected chi connectivity index (χ2v) is 6.48. The minimum atomic E-state index is 0.220. The summed E-state index contributed by atoms with van der Waals surface area (Å²) in [6.45, 7) is 3.29. The number of benzene rings is 2. The molecule has 4 nitrogen and oxygen atoms in total. The average molecular weight is 345 g/mol. The van der Waals surface area contributed by atoms with Gasteiger partial charge in [-0.05, 0) is 42.0 Å². The molecular weight excluding hydrogens is 324 g/mol. The van der Waals surface area contributed by atoms with E-state index >= 15 is 0 Å². The second kappa shape index (κ2) is 7.69. The summed E-state index contributed by atoms with van der Waals surface area (Å²) in [7, 11) is 1.87. The van der Waals surface area contributed by atoms with Crippen LogP contribution >= 0.6 is 11.6 Å². The third-order valence-electron chi connectivity index (χ3n) is 4.17. The Morgan fingerprint density at radius 3 is 2.62 bits per heavy atom. The molecule has 3 rings (SSSR count). The van der Waals surface area contributed by atoms with E-state index in [9.17, 15) is 4.79 Å². The first-order valence-electron chi connectivity index (χ1n) is 8.09. The quantitative estimate of drug-likeness (QED) is 0.845. The van der Waals surface area contributed by atoms with Crippen molar-refractivity contribution in [1.82, 2.24) is 9.80 Å². The molecule has 1 heterocycles. The fraction of sp³-hybridized carbons (Fsp3) is 0.316. The number of rotatable bonds is 4. The molecule has 0 saturated carbocycles. The van der Waals surface area contributed by atoms with Crippen LogP contribution < -0.4 is 4.74 Å². The monoisotopic (exact) mass is 344 g/mol. The summed E-state index contributed by atoms with van der Waals surface area (Å²) >= 11 is 5.89.